The Kier molecular flexibility index (Phi) is 4.21. The van der Waals surface area contributed by atoms with E-state index in [1.54, 1.807) is 0 Å². The summed E-state index contributed by atoms with van der Waals surface area (Å²) in [5.74, 6) is 0.913. The second-order valence-electron chi connectivity index (χ2n) is 6.47. The number of hydrogen-bond donors (Lipinski definition) is 0. The third-order valence-electron chi connectivity index (χ3n) is 4.50. The van der Waals surface area contributed by atoms with Crippen LogP contribution in [0.25, 0.3) is 0 Å². The molecule has 1 heterocycles. The summed E-state index contributed by atoms with van der Waals surface area (Å²) < 4.78 is 10.9. The number of epoxide rings is 1. The average Bonchev–Trinajstić information content (AvgIpc) is 3.38. The molecule has 1 saturated heterocycles. The van der Waals surface area contributed by atoms with Crippen molar-refractivity contribution in [3.63, 3.8) is 0 Å². The zero-order chi connectivity index (χ0) is 15.6. The molecular weight excluding hydrogens is 272 g/mol. The van der Waals surface area contributed by atoms with Crippen LogP contribution in [0.3, 0.4) is 0 Å². The Labute approximate surface area is 133 Å². The summed E-state index contributed by atoms with van der Waals surface area (Å²) in [6.45, 7) is 8.20. The quantitative estimate of drug-likeness (QED) is 0.739. The van der Waals surface area contributed by atoms with Gasteiger partial charge in [0.15, 0.2) is 0 Å². The van der Waals surface area contributed by atoms with Crippen LogP contribution in [0.15, 0.2) is 48.5 Å². The first kappa shape index (κ1) is 15.1. The molecule has 2 heteroatoms. The molecule has 22 heavy (non-hydrogen) atoms. The maximum absolute atomic E-state index is 5.71. The fourth-order valence-electron chi connectivity index (χ4n) is 2.65. The van der Waals surface area contributed by atoms with Crippen molar-refractivity contribution in [2.24, 2.45) is 0 Å². The summed E-state index contributed by atoms with van der Waals surface area (Å²) in [4.78, 5) is 0. The molecule has 1 unspecified atom stereocenters. The van der Waals surface area contributed by atoms with Crippen LogP contribution in [0.4, 0.5) is 0 Å². The van der Waals surface area contributed by atoms with Crippen LogP contribution in [0.5, 0.6) is 5.75 Å². The molecule has 0 spiro atoms. The van der Waals surface area contributed by atoms with Crippen LogP contribution < -0.4 is 4.74 Å². The Morgan fingerprint density at radius 3 is 2.05 bits per heavy atom. The Morgan fingerprint density at radius 2 is 1.55 bits per heavy atom. The topological polar surface area (TPSA) is 21.8 Å². The molecule has 3 rings (SSSR count). The van der Waals surface area contributed by atoms with Gasteiger partial charge in [0, 0.05) is 5.41 Å². The lowest BCUT2D eigenvalue weighted by Gasteiger charge is -2.26. The monoisotopic (exact) mass is 296 g/mol. The van der Waals surface area contributed by atoms with Crippen molar-refractivity contribution in [1.82, 2.24) is 0 Å². The van der Waals surface area contributed by atoms with Gasteiger partial charge in [-0.2, -0.15) is 0 Å². The average molecular weight is 296 g/mol. The van der Waals surface area contributed by atoms with Crippen LogP contribution in [-0.2, 0) is 16.6 Å². The normalized spacial score (nSPS) is 17.3. The highest BCUT2D eigenvalue weighted by Crippen LogP contribution is 2.32. The molecule has 0 radical (unpaired) electrons. The van der Waals surface area contributed by atoms with Gasteiger partial charge in [0.1, 0.15) is 18.5 Å². The lowest BCUT2D eigenvalue weighted by Crippen LogP contribution is -2.18. The molecule has 1 aliphatic rings. The minimum Gasteiger partial charge on any atom is -0.491 e. The lowest BCUT2D eigenvalue weighted by molar-refractivity contribution is 0.263. The molecule has 0 aliphatic carbocycles. The fraction of sp³-hybridized carbons (Fsp3) is 0.400. The summed E-state index contributed by atoms with van der Waals surface area (Å²) in [5.41, 5.74) is 4.01. The molecule has 0 bridgehead atoms. The van der Waals surface area contributed by atoms with Crippen molar-refractivity contribution in [2.45, 2.75) is 38.7 Å². The van der Waals surface area contributed by atoms with E-state index in [0.717, 1.165) is 18.8 Å². The molecule has 2 aromatic rings. The van der Waals surface area contributed by atoms with Crippen molar-refractivity contribution in [3.05, 3.63) is 65.2 Å². The first-order valence-electron chi connectivity index (χ1n) is 8.04. The van der Waals surface area contributed by atoms with E-state index in [-0.39, 0.29) is 5.41 Å². The van der Waals surface area contributed by atoms with Crippen LogP contribution in [0.1, 0.15) is 37.5 Å². The Hall–Kier alpha value is -1.80. The van der Waals surface area contributed by atoms with Gasteiger partial charge in [-0.15, -0.1) is 0 Å². The van der Waals surface area contributed by atoms with E-state index in [4.69, 9.17) is 9.47 Å². The van der Waals surface area contributed by atoms with Crippen LogP contribution in [-0.4, -0.2) is 19.3 Å². The van der Waals surface area contributed by atoms with Gasteiger partial charge >= 0.3 is 0 Å². The van der Waals surface area contributed by atoms with Crippen molar-refractivity contribution in [2.75, 3.05) is 13.2 Å². The first-order valence-corrected chi connectivity index (χ1v) is 8.04. The largest absolute Gasteiger partial charge is 0.491 e. The molecule has 0 saturated carbocycles. The highest BCUT2D eigenvalue weighted by Gasteiger charge is 2.24. The van der Waals surface area contributed by atoms with Gasteiger partial charge in [-0.05, 0) is 35.2 Å². The highest BCUT2D eigenvalue weighted by atomic mass is 16.6. The molecule has 0 aromatic heterocycles. The number of benzene rings is 2. The van der Waals surface area contributed by atoms with E-state index >= 15 is 0 Å². The summed E-state index contributed by atoms with van der Waals surface area (Å²) in [6.07, 6.45) is 1.38. The molecule has 2 nitrogen and oxygen atoms in total. The zero-order valence-electron chi connectivity index (χ0n) is 13.6. The van der Waals surface area contributed by atoms with Gasteiger partial charge in [-0.3, -0.25) is 0 Å². The van der Waals surface area contributed by atoms with Crippen molar-refractivity contribution < 1.29 is 9.47 Å². The summed E-state index contributed by atoms with van der Waals surface area (Å²) in [5, 5.41) is 0. The van der Waals surface area contributed by atoms with Crippen LogP contribution in [0, 0.1) is 0 Å². The molecule has 1 fully saturated rings. The van der Waals surface area contributed by atoms with Crippen molar-refractivity contribution in [1.29, 1.82) is 0 Å². The molecule has 2 aromatic carbocycles. The standard InChI is InChI=1S/C20H24O2/c1-4-15-5-7-16(8-6-15)20(2,3)17-9-11-18(12-10-17)21-13-19-14-22-19/h5-12,19H,4,13-14H2,1-3H3. The SMILES string of the molecule is CCc1ccc(C(C)(C)c2ccc(OCC3CO3)cc2)cc1. The van der Waals surface area contributed by atoms with E-state index in [2.05, 4.69) is 69.3 Å². The van der Waals surface area contributed by atoms with Crippen LogP contribution >= 0.6 is 0 Å². The number of ether oxygens (including phenoxy) is 2. The zero-order valence-corrected chi connectivity index (χ0v) is 13.6. The van der Waals surface area contributed by atoms with E-state index in [1.807, 2.05) is 0 Å². The molecule has 0 amide bonds. The number of hydrogen-bond acceptors (Lipinski definition) is 2. The highest BCUT2D eigenvalue weighted by molar-refractivity contribution is 5.40. The Balaban J connectivity index is 1.74. The molecular formula is C20H24O2. The molecule has 0 N–H and O–H groups in total. The van der Waals surface area contributed by atoms with Crippen LogP contribution in [0.2, 0.25) is 0 Å². The smallest absolute Gasteiger partial charge is 0.119 e. The summed E-state index contributed by atoms with van der Waals surface area (Å²) in [6, 6.07) is 17.4. The van der Waals surface area contributed by atoms with Gasteiger partial charge in [-0.1, -0.05) is 57.2 Å². The third-order valence-corrected chi connectivity index (χ3v) is 4.50. The van der Waals surface area contributed by atoms with Gasteiger partial charge < -0.3 is 9.47 Å². The molecule has 1 atom stereocenters. The minimum absolute atomic E-state index is 0.00952. The maximum Gasteiger partial charge on any atom is 0.119 e. The van der Waals surface area contributed by atoms with Crippen molar-refractivity contribution in [3.8, 4) is 5.75 Å². The molecule has 1 aliphatic heterocycles. The van der Waals surface area contributed by atoms with Gasteiger partial charge in [-0.25, -0.2) is 0 Å². The van der Waals surface area contributed by atoms with Gasteiger partial charge in [0.2, 0.25) is 0 Å². The second kappa shape index (κ2) is 6.13. The summed E-state index contributed by atoms with van der Waals surface area (Å²) in [7, 11) is 0. The fourth-order valence-corrected chi connectivity index (χ4v) is 2.65. The van der Waals surface area contributed by atoms with E-state index in [0.29, 0.717) is 12.7 Å². The predicted octanol–water partition coefficient (Wildman–Crippen LogP) is 4.35. The Morgan fingerprint density at radius 1 is 1.00 bits per heavy atom. The van der Waals surface area contributed by atoms with Gasteiger partial charge in [0.25, 0.3) is 0 Å². The minimum atomic E-state index is -0.00952. The third kappa shape index (κ3) is 3.33. The maximum atomic E-state index is 5.71. The number of aryl methyl sites for hydroxylation is 1. The lowest BCUT2D eigenvalue weighted by atomic mass is 9.78. The van der Waals surface area contributed by atoms with Crippen molar-refractivity contribution >= 4 is 0 Å². The molecule has 116 valence electrons. The van der Waals surface area contributed by atoms with Gasteiger partial charge in [0.05, 0.1) is 6.61 Å². The number of rotatable bonds is 6. The predicted molar refractivity (Wildman–Crippen MR) is 89.6 cm³/mol. The van der Waals surface area contributed by atoms with E-state index in [1.165, 1.54) is 16.7 Å². The summed E-state index contributed by atoms with van der Waals surface area (Å²) >= 11 is 0. The Bertz CT molecular complexity index is 607. The van der Waals surface area contributed by atoms with E-state index < -0.39 is 0 Å². The first-order chi connectivity index (χ1) is 10.6. The van der Waals surface area contributed by atoms with E-state index in [9.17, 15) is 0 Å². The second-order valence-corrected chi connectivity index (χ2v) is 6.47.